The third kappa shape index (κ3) is 21.5. The Hall–Kier alpha value is -10.4. The molecule has 1 aliphatic heterocycles. The normalized spacial score (nSPS) is 14.6. The second kappa shape index (κ2) is 33.7. The molecular formula is C58H75N17O15. The lowest BCUT2D eigenvalue weighted by molar-refractivity contribution is -0.140. The predicted molar refractivity (Wildman–Crippen MR) is 321 cm³/mol. The third-order valence-corrected chi connectivity index (χ3v) is 13.5. The first-order valence-electron chi connectivity index (χ1n) is 28.6. The number of primary amides is 1. The van der Waals surface area contributed by atoms with Crippen molar-refractivity contribution in [2.24, 2.45) is 17.6 Å². The van der Waals surface area contributed by atoms with E-state index in [4.69, 9.17) is 5.73 Å². The average Bonchev–Trinajstić information content (AvgIpc) is 1.60. The number of carbonyl (C=O) groups excluding carboxylic acids is 13. The molecule has 5 heterocycles. The SMILES string of the molecule is CC(=O)NCC(=O)N[C@@H](CC(C)C)C(=O)Nc1ccc(-c2ccc(C(=O)N[C@@H](CO)C(=O)NCC(=O)N3CCC[C@H]3C(=O)N[C@H](C(=O)NCC(=O)N[C@@H](C)C(=O)Nc3ccc(-c4ccc(C(=O)N[C@H](C(=O)NCC(N)=O)[C@@H](C)O)cn4)nc3)C(C)C)cn2)nc1. The first-order valence-corrected chi connectivity index (χ1v) is 28.6. The lowest BCUT2D eigenvalue weighted by Gasteiger charge is -2.28. The number of rotatable bonds is 30. The van der Waals surface area contributed by atoms with E-state index < -0.39 is 151 Å². The van der Waals surface area contributed by atoms with Crippen LogP contribution in [0.4, 0.5) is 11.4 Å². The molecule has 4 aromatic rings. The highest BCUT2D eigenvalue weighted by molar-refractivity contribution is 6.01. The second-order valence-corrected chi connectivity index (χ2v) is 21.7. The lowest BCUT2D eigenvalue weighted by Crippen LogP contribution is -2.57. The van der Waals surface area contributed by atoms with E-state index in [1.807, 2.05) is 13.8 Å². The molecule has 90 heavy (non-hydrogen) atoms. The van der Waals surface area contributed by atoms with Crippen LogP contribution >= 0.6 is 0 Å². The Morgan fingerprint density at radius 3 is 1.54 bits per heavy atom. The van der Waals surface area contributed by atoms with Gasteiger partial charge in [0.2, 0.25) is 65.0 Å². The van der Waals surface area contributed by atoms with Crippen LogP contribution in [0.25, 0.3) is 22.8 Å². The van der Waals surface area contributed by atoms with E-state index in [-0.39, 0.29) is 42.2 Å². The number of nitrogens with zero attached hydrogens (tertiary/aromatic N) is 5. The number of aromatic nitrogens is 4. The van der Waals surface area contributed by atoms with Crippen LogP contribution in [0.3, 0.4) is 0 Å². The number of anilines is 2. The Labute approximate surface area is 516 Å². The highest BCUT2D eigenvalue weighted by Gasteiger charge is 2.37. The average molecular weight is 1250 g/mol. The number of nitrogens with two attached hydrogens (primary N) is 1. The minimum Gasteiger partial charge on any atom is -0.394 e. The number of aliphatic hydroxyl groups excluding tert-OH is 2. The van der Waals surface area contributed by atoms with Gasteiger partial charge in [-0.2, -0.15) is 0 Å². The minimum absolute atomic E-state index is 0.00971. The topological polar surface area (TPSA) is 476 Å². The van der Waals surface area contributed by atoms with E-state index in [0.717, 1.165) is 0 Å². The number of amides is 13. The van der Waals surface area contributed by atoms with Crippen LogP contribution in [0.2, 0.25) is 0 Å². The van der Waals surface area contributed by atoms with Gasteiger partial charge in [0, 0.05) is 25.9 Å². The minimum atomic E-state index is -1.50. The molecule has 5 rings (SSSR count). The Bertz CT molecular complexity index is 3260. The van der Waals surface area contributed by atoms with Crippen molar-refractivity contribution in [3.05, 3.63) is 84.4 Å². The van der Waals surface area contributed by atoms with Gasteiger partial charge in [0.1, 0.15) is 36.3 Å². The first-order chi connectivity index (χ1) is 42.6. The van der Waals surface area contributed by atoms with E-state index >= 15 is 0 Å². The number of nitrogens with one attached hydrogen (secondary N) is 11. The van der Waals surface area contributed by atoms with Gasteiger partial charge in [0.05, 0.1) is 96.6 Å². The fourth-order valence-electron chi connectivity index (χ4n) is 8.73. The molecule has 482 valence electrons. The van der Waals surface area contributed by atoms with Crippen molar-refractivity contribution in [1.29, 1.82) is 0 Å². The molecule has 0 radical (unpaired) electrons. The van der Waals surface area contributed by atoms with Crippen LogP contribution in [-0.4, -0.2) is 194 Å². The van der Waals surface area contributed by atoms with Gasteiger partial charge in [0.15, 0.2) is 0 Å². The van der Waals surface area contributed by atoms with Gasteiger partial charge in [-0.05, 0) is 93.5 Å². The summed E-state index contributed by atoms with van der Waals surface area (Å²) in [5.41, 5.74) is 7.07. The molecule has 0 bridgehead atoms. The van der Waals surface area contributed by atoms with E-state index in [2.05, 4.69) is 78.4 Å². The number of hydrogen-bond acceptors (Lipinski definition) is 19. The van der Waals surface area contributed by atoms with Crippen molar-refractivity contribution in [1.82, 2.24) is 72.7 Å². The maximum Gasteiger partial charge on any atom is 0.253 e. The molecule has 0 aromatic carbocycles. The first kappa shape index (κ1) is 70.4. The molecule has 32 nitrogen and oxygen atoms in total. The van der Waals surface area contributed by atoms with Crippen molar-refractivity contribution < 1.29 is 72.5 Å². The summed E-state index contributed by atoms with van der Waals surface area (Å²) >= 11 is 0. The summed E-state index contributed by atoms with van der Waals surface area (Å²) in [5, 5.41) is 47.4. The lowest BCUT2D eigenvalue weighted by atomic mass is 10.0. The van der Waals surface area contributed by atoms with Gasteiger partial charge in [0.25, 0.3) is 11.8 Å². The predicted octanol–water partition coefficient (Wildman–Crippen LogP) is -3.11. The molecule has 1 saturated heterocycles. The van der Waals surface area contributed by atoms with Crippen molar-refractivity contribution in [2.45, 2.75) is 110 Å². The summed E-state index contributed by atoms with van der Waals surface area (Å²) in [7, 11) is 0. The molecule has 13 amide bonds. The van der Waals surface area contributed by atoms with Crippen LogP contribution in [-0.2, 0) is 52.7 Å². The molecule has 4 aromatic heterocycles. The summed E-state index contributed by atoms with van der Waals surface area (Å²) in [5.74, 6) is -9.36. The number of pyridine rings is 4. The second-order valence-electron chi connectivity index (χ2n) is 21.7. The number of carbonyl (C=O) groups is 13. The van der Waals surface area contributed by atoms with Crippen molar-refractivity contribution in [2.75, 3.05) is 50.0 Å². The fraction of sp³-hybridized carbons (Fsp3) is 0.431. The van der Waals surface area contributed by atoms with Gasteiger partial charge < -0.3 is 79.3 Å². The highest BCUT2D eigenvalue weighted by atomic mass is 16.3. The van der Waals surface area contributed by atoms with Gasteiger partial charge in [-0.3, -0.25) is 82.3 Å². The maximum absolute atomic E-state index is 13.6. The standard InChI is InChI=1S/C58H75N17O15/c1-29(2)19-42(71-47(81)25-60-33(7)78)55(87)70-37-13-17-41(64-23-37)38-14-10-34(20-61-38)52(84)72-43(28-76)54(86)67-27-48(82)75-18-8-9-44(75)56(88)73-49(30(3)4)57(89)66-26-46(80)68-31(5)51(83)69-36-12-16-40(63-22-36)39-15-11-35(21-62-39)53(85)74-50(32(6)77)58(90)65-24-45(59)79/h10-17,20-23,29-32,42-44,49-50,76-77H,8-9,18-19,24-28H2,1-7H3,(H2,59,79)(H,60,78)(H,65,90)(H,66,89)(H,67,86)(H,68,80)(H,69,83)(H,70,87)(H,71,81)(H,72,84)(H,73,88)(H,74,85)/t31-,32+,42-,43-,44-,49-,50-/m0/s1. The highest BCUT2D eigenvalue weighted by Crippen LogP contribution is 2.21. The van der Waals surface area contributed by atoms with E-state index in [1.54, 1.807) is 26.0 Å². The summed E-state index contributed by atoms with van der Waals surface area (Å²) in [4.78, 5) is 184. The maximum atomic E-state index is 13.6. The zero-order valence-electron chi connectivity index (χ0n) is 50.5. The van der Waals surface area contributed by atoms with Crippen LogP contribution in [0, 0.1) is 11.8 Å². The van der Waals surface area contributed by atoms with Crippen LogP contribution in [0.15, 0.2) is 73.3 Å². The number of likely N-dealkylation sites (tertiary alicyclic amines) is 1. The molecule has 0 aliphatic carbocycles. The van der Waals surface area contributed by atoms with Crippen molar-refractivity contribution >= 4 is 88.2 Å². The summed E-state index contributed by atoms with van der Waals surface area (Å²) in [6, 6.07) is 4.88. The summed E-state index contributed by atoms with van der Waals surface area (Å²) < 4.78 is 0. The smallest absolute Gasteiger partial charge is 0.253 e. The van der Waals surface area contributed by atoms with E-state index in [0.29, 0.717) is 41.3 Å². The van der Waals surface area contributed by atoms with Gasteiger partial charge in [-0.15, -0.1) is 0 Å². The molecular weight excluding hydrogens is 1170 g/mol. The van der Waals surface area contributed by atoms with Gasteiger partial charge in [-0.1, -0.05) is 27.7 Å². The van der Waals surface area contributed by atoms with Gasteiger partial charge in [-0.25, -0.2) is 0 Å². The molecule has 1 fully saturated rings. The Balaban J connectivity index is 1.04. The summed E-state index contributed by atoms with van der Waals surface area (Å²) in [6.07, 6.45) is 4.79. The molecule has 0 spiro atoms. The quantitative estimate of drug-likeness (QED) is 0.0246. The van der Waals surface area contributed by atoms with Crippen LogP contribution in [0.5, 0.6) is 0 Å². The molecule has 0 unspecified atom stereocenters. The molecule has 1 aliphatic rings. The molecule has 15 N–H and O–H groups in total. The number of aliphatic hydroxyl groups is 2. The van der Waals surface area contributed by atoms with Gasteiger partial charge >= 0.3 is 0 Å². The Morgan fingerprint density at radius 2 is 1.06 bits per heavy atom. The van der Waals surface area contributed by atoms with E-state index in [9.17, 15) is 72.5 Å². The monoisotopic (exact) mass is 1250 g/mol. The van der Waals surface area contributed by atoms with E-state index in [1.165, 1.54) is 86.9 Å². The fourth-order valence-corrected chi connectivity index (χ4v) is 8.73. The molecule has 7 atom stereocenters. The number of hydrogen-bond donors (Lipinski definition) is 14. The Morgan fingerprint density at radius 1 is 0.556 bits per heavy atom. The zero-order valence-corrected chi connectivity index (χ0v) is 50.5. The zero-order chi connectivity index (χ0) is 66.4. The molecule has 32 heteroatoms. The third-order valence-electron chi connectivity index (χ3n) is 13.5. The molecule has 0 saturated carbocycles. The van der Waals surface area contributed by atoms with Crippen molar-refractivity contribution in [3.8, 4) is 22.8 Å². The van der Waals surface area contributed by atoms with Crippen LogP contribution in [0.1, 0.15) is 88.4 Å². The van der Waals surface area contributed by atoms with Crippen LogP contribution < -0.4 is 64.2 Å². The summed E-state index contributed by atoms with van der Waals surface area (Å²) in [6.45, 7) is 8.35. The largest absolute Gasteiger partial charge is 0.394 e. The van der Waals surface area contributed by atoms with Crippen molar-refractivity contribution in [3.63, 3.8) is 0 Å². The Kier molecular flexibility index (Phi) is 26.3.